The Labute approximate surface area is 145 Å². The summed E-state index contributed by atoms with van der Waals surface area (Å²) in [4.78, 5) is 0. The van der Waals surface area contributed by atoms with Crippen molar-refractivity contribution < 1.29 is 15.3 Å². The van der Waals surface area contributed by atoms with Gasteiger partial charge in [-0.05, 0) is 46.5 Å². The van der Waals surface area contributed by atoms with E-state index in [1.165, 1.54) is 17.2 Å². The number of phenolic OH excluding ortho intramolecular Hbond substituents is 3. The second kappa shape index (κ2) is 9.86. The molecule has 0 fully saturated rings. The van der Waals surface area contributed by atoms with Crippen molar-refractivity contribution >= 4 is 6.08 Å². The molecule has 0 atom stereocenters. The number of allylic oxidation sites excluding steroid dienone is 5. The minimum Gasteiger partial charge on any atom is -0.507 e. The first kappa shape index (κ1) is 19.9. The van der Waals surface area contributed by atoms with Crippen LogP contribution in [-0.4, -0.2) is 15.3 Å². The van der Waals surface area contributed by atoms with Gasteiger partial charge in [0.1, 0.15) is 5.75 Å². The lowest BCUT2D eigenvalue weighted by atomic mass is 9.98. The van der Waals surface area contributed by atoms with Gasteiger partial charge < -0.3 is 15.3 Å². The molecule has 0 heterocycles. The maximum absolute atomic E-state index is 10.2. The van der Waals surface area contributed by atoms with E-state index in [9.17, 15) is 15.3 Å². The number of aromatic hydroxyl groups is 3. The largest absolute Gasteiger partial charge is 0.507 e. The molecular weight excluding hydrogens is 300 g/mol. The molecule has 0 unspecified atom stereocenters. The molecular formula is C21H30O3. The van der Waals surface area contributed by atoms with Gasteiger partial charge in [0, 0.05) is 17.2 Å². The Kier molecular flexibility index (Phi) is 8.17. The summed E-state index contributed by atoms with van der Waals surface area (Å²) in [5, 5.41) is 30.0. The van der Waals surface area contributed by atoms with Crippen LogP contribution in [0.3, 0.4) is 0 Å². The Morgan fingerprint density at radius 2 is 1.71 bits per heavy atom. The number of hydrogen-bond acceptors (Lipinski definition) is 3. The number of benzene rings is 1. The van der Waals surface area contributed by atoms with Crippen LogP contribution in [0, 0.1) is 0 Å². The van der Waals surface area contributed by atoms with E-state index >= 15 is 0 Å². The second-order valence-corrected chi connectivity index (χ2v) is 6.42. The van der Waals surface area contributed by atoms with E-state index in [1.807, 2.05) is 6.08 Å². The van der Waals surface area contributed by atoms with Crippen LogP contribution in [0.1, 0.15) is 64.5 Å². The highest BCUT2D eigenvalue weighted by atomic mass is 16.3. The van der Waals surface area contributed by atoms with E-state index in [0.717, 1.165) is 25.7 Å². The lowest BCUT2D eigenvalue weighted by Gasteiger charge is -2.11. The summed E-state index contributed by atoms with van der Waals surface area (Å²) in [5.74, 6) is -0.461. The third-order valence-electron chi connectivity index (χ3n) is 3.89. The molecule has 0 spiro atoms. The average Bonchev–Trinajstić information content (AvgIpc) is 2.51. The molecule has 0 radical (unpaired) electrons. The van der Waals surface area contributed by atoms with Crippen LogP contribution in [0.15, 0.2) is 35.4 Å². The monoisotopic (exact) mass is 330 g/mol. The summed E-state index contributed by atoms with van der Waals surface area (Å²) in [6.45, 7) is 8.32. The molecule has 0 aromatic heterocycles. The summed E-state index contributed by atoms with van der Waals surface area (Å²) in [5.41, 5.74) is 3.68. The van der Waals surface area contributed by atoms with Crippen molar-refractivity contribution in [3.63, 3.8) is 0 Å². The van der Waals surface area contributed by atoms with Gasteiger partial charge in [-0.25, -0.2) is 0 Å². The quantitative estimate of drug-likeness (QED) is 0.318. The van der Waals surface area contributed by atoms with Crippen LogP contribution in [0.25, 0.3) is 6.08 Å². The van der Waals surface area contributed by atoms with Crippen molar-refractivity contribution in [3.8, 4) is 17.2 Å². The van der Waals surface area contributed by atoms with Gasteiger partial charge in [0.15, 0.2) is 11.5 Å². The highest BCUT2D eigenvalue weighted by Crippen LogP contribution is 2.39. The van der Waals surface area contributed by atoms with Gasteiger partial charge in [0.25, 0.3) is 0 Å². The Hall–Kier alpha value is -2.16. The fourth-order valence-corrected chi connectivity index (χ4v) is 2.43. The SMILES string of the molecule is CCCC=Cc1c(O)c(O)cc(O)c1CC=C(C)CCC=C(C)C. The summed E-state index contributed by atoms with van der Waals surface area (Å²) in [7, 11) is 0. The molecule has 0 saturated heterocycles. The number of rotatable bonds is 8. The molecule has 3 heteroatoms. The van der Waals surface area contributed by atoms with Crippen LogP contribution < -0.4 is 0 Å². The predicted molar refractivity (Wildman–Crippen MR) is 102 cm³/mol. The molecule has 1 aromatic carbocycles. The Morgan fingerprint density at radius 1 is 1.00 bits per heavy atom. The van der Waals surface area contributed by atoms with Crippen molar-refractivity contribution in [1.29, 1.82) is 0 Å². The van der Waals surface area contributed by atoms with E-state index < -0.39 is 0 Å². The fourth-order valence-electron chi connectivity index (χ4n) is 2.43. The van der Waals surface area contributed by atoms with Crippen molar-refractivity contribution in [3.05, 3.63) is 46.6 Å². The smallest absolute Gasteiger partial charge is 0.165 e. The van der Waals surface area contributed by atoms with Gasteiger partial charge in [-0.15, -0.1) is 0 Å². The van der Waals surface area contributed by atoms with Crippen LogP contribution in [0.4, 0.5) is 0 Å². The molecule has 0 bridgehead atoms. The van der Waals surface area contributed by atoms with Gasteiger partial charge in [0.2, 0.25) is 0 Å². The maximum Gasteiger partial charge on any atom is 0.165 e. The van der Waals surface area contributed by atoms with Crippen molar-refractivity contribution in [1.82, 2.24) is 0 Å². The molecule has 0 amide bonds. The second-order valence-electron chi connectivity index (χ2n) is 6.42. The zero-order valence-electron chi connectivity index (χ0n) is 15.3. The minimum atomic E-state index is -0.295. The maximum atomic E-state index is 10.2. The third kappa shape index (κ3) is 6.15. The molecule has 1 aromatic rings. The van der Waals surface area contributed by atoms with Gasteiger partial charge >= 0.3 is 0 Å². The molecule has 0 saturated carbocycles. The van der Waals surface area contributed by atoms with Crippen LogP contribution in [0.5, 0.6) is 17.2 Å². The lowest BCUT2D eigenvalue weighted by molar-refractivity contribution is 0.394. The molecule has 24 heavy (non-hydrogen) atoms. The predicted octanol–water partition coefficient (Wildman–Crippen LogP) is 5.85. The first-order chi connectivity index (χ1) is 11.4. The molecule has 3 N–H and O–H groups in total. The zero-order valence-corrected chi connectivity index (χ0v) is 15.3. The van der Waals surface area contributed by atoms with Crippen molar-refractivity contribution in [2.24, 2.45) is 0 Å². The zero-order chi connectivity index (χ0) is 18.1. The highest BCUT2D eigenvalue weighted by molar-refractivity contribution is 5.68. The van der Waals surface area contributed by atoms with Gasteiger partial charge in [0.05, 0.1) is 0 Å². The van der Waals surface area contributed by atoms with E-state index in [4.69, 9.17) is 0 Å². The average molecular weight is 330 g/mol. The number of hydrogen-bond donors (Lipinski definition) is 3. The van der Waals surface area contributed by atoms with E-state index in [1.54, 1.807) is 6.08 Å². The van der Waals surface area contributed by atoms with Crippen LogP contribution in [0.2, 0.25) is 0 Å². The minimum absolute atomic E-state index is 0.00907. The lowest BCUT2D eigenvalue weighted by Crippen LogP contribution is -1.91. The molecule has 132 valence electrons. The van der Waals surface area contributed by atoms with Gasteiger partial charge in [-0.3, -0.25) is 0 Å². The van der Waals surface area contributed by atoms with Crippen LogP contribution >= 0.6 is 0 Å². The molecule has 0 aliphatic heterocycles. The summed E-state index contributed by atoms with van der Waals surface area (Å²) in [6.07, 6.45) is 12.4. The Morgan fingerprint density at radius 3 is 2.33 bits per heavy atom. The standard InChI is InChI=1S/C21H30O3/c1-5-6-7-11-18-17(19(22)14-20(23)21(18)24)13-12-16(4)10-8-9-15(2)3/h7,9,11-12,14,22-24H,5-6,8,10,13H2,1-4H3. The molecule has 3 nitrogen and oxygen atoms in total. The molecule has 1 rings (SSSR count). The van der Waals surface area contributed by atoms with Crippen molar-refractivity contribution in [2.45, 2.75) is 59.8 Å². The highest BCUT2D eigenvalue weighted by Gasteiger charge is 2.14. The summed E-state index contributed by atoms with van der Waals surface area (Å²) < 4.78 is 0. The van der Waals surface area contributed by atoms with Crippen molar-refractivity contribution in [2.75, 3.05) is 0 Å². The fraction of sp³-hybridized carbons (Fsp3) is 0.429. The number of unbranched alkanes of at least 4 members (excludes halogenated alkanes) is 1. The Balaban J connectivity index is 3.01. The van der Waals surface area contributed by atoms with Gasteiger partial charge in [-0.2, -0.15) is 0 Å². The molecule has 0 aliphatic rings. The summed E-state index contributed by atoms with van der Waals surface area (Å²) in [6, 6.07) is 1.20. The molecule has 0 aliphatic carbocycles. The third-order valence-corrected chi connectivity index (χ3v) is 3.89. The summed E-state index contributed by atoms with van der Waals surface area (Å²) >= 11 is 0. The number of phenols is 3. The van der Waals surface area contributed by atoms with E-state index in [2.05, 4.69) is 39.8 Å². The first-order valence-electron chi connectivity index (χ1n) is 8.59. The van der Waals surface area contributed by atoms with E-state index in [-0.39, 0.29) is 17.2 Å². The normalized spacial score (nSPS) is 11.9. The Bertz CT molecular complexity index is 633. The van der Waals surface area contributed by atoms with Crippen LogP contribution in [-0.2, 0) is 6.42 Å². The first-order valence-corrected chi connectivity index (χ1v) is 8.59. The van der Waals surface area contributed by atoms with E-state index in [0.29, 0.717) is 17.5 Å². The van der Waals surface area contributed by atoms with Gasteiger partial charge in [-0.1, -0.05) is 48.8 Å². The topological polar surface area (TPSA) is 60.7 Å².